The summed E-state index contributed by atoms with van der Waals surface area (Å²) in [6, 6.07) is 28.6. The van der Waals surface area contributed by atoms with Crippen molar-refractivity contribution in [1.29, 1.82) is 21.0 Å². The number of nitrogens with zero attached hydrogens (tertiary/aromatic N) is 7. The minimum atomic E-state index is 0.00362. The first-order valence-corrected chi connectivity index (χ1v) is 14.2. The molecule has 43 heavy (non-hydrogen) atoms. The first-order chi connectivity index (χ1) is 21.1. The summed E-state index contributed by atoms with van der Waals surface area (Å²) >= 11 is 2.64. The SMILES string of the molecule is N#CC(C#N)=Cc1cnc(-c2ccc(-c3ccc(-c4ccc(-c5ncc(C=C(C#N)C#N)s5)o4)n3-c3ccccc3)o2)s1. The van der Waals surface area contributed by atoms with E-state index in [-0.39, 0.29) is 11.1 Å². The molecule has 0 spiro atoms. The Morgan fingerprint density at radius 2 is 1.05 bits per heavy atom. The summed E-state index contributed by atoms with van der Waals surface area (Å²) < 4.78 is 14.5. The van der Waals surface area contributed by atoms with Crippen molar-refractivity contribution >= 4 is 34.8 Å². The molecule has 5 heterocycles. The van der Waals surface area contributed by atoms with Crippen LogP contribution in [-0.4, -0.2) is 14.5 Å². The lowest BCUT2D eigenvalue weighted by atomic mass is 10.2. The Labute approximate surface area is 253 Å². The number of nitriles is 4. The maximum absolute atomic E-state index is 9.04. The van der Waals surface area contributed by atoms with Gasteiger partial charge in [0.25, 0.3) is 0 Å². The van der Waals surface area contributed by atoms with Gasteiger partial charge in [0.15, 0.2) is 33.1 Å². The molecule has 11 heteroatoms. The van der Waals surface area contributed by atoms with Gasteiger partial charge in [0, 0.05) is 27.8 Å². The largest absolute Gasteiger partial charge is 0.452 e. The molecule has 0 saturated carbocycles. The number of furan rings is 2. The summed E-state index contributed by atoms with van der Waals surface area (Å²) in [5, 5.41) is 37.4. The third-order valence-electron chi connectivity index (χ3n) is 6.14. The van der Waals surface area contributed by atoms with Gasteiger partial charge in [0.1, 0.15) is 35.4 Å². The minimum absolute atomic E-state index is 0.00362. The third kappa shape index (κ3) is 5.41. The van der Waals surface area contributed by atoms with E-state index in [0.717, 1.165) is 17.1 Å². The lowest BCUT2D eigenvalue weighted by molar-refractivity contribution is 0.588. The zero-order valence-electron chi connectivity index (χ0n) is 21.9. The highest BCUT2D eigenvalue weighted by atomic mass is 32.1. The number of rotatable bonds is 7. The molecule has 0 unspecified atom stereocenters. The average Bonchev–Trinajstić information content (AvgIpc) is 3.88. The van der Waals surface area contributed by atoms with Gasteiger partial charge in [0.2, 0.25) is 0 Å². The molecular formula is C32H15N7O2S2. The molecule has 5 aromatic heterocycles. The van der Waals surface area contributed by atoms with Crippen LogP contribution in [0, 0.1) is 45.3 Å². The normalized spacial score (nSPS) is 10.2. The topological polar surface area (TPSA) is 152 Å². The van der Waals surface area contributed by atoms with Gasteiger partial charge in [0.05, 0.1) is 11.4 Å². The van der Waals surface area contributed by atoms with Crippen LogP contribution in [0.5, 0.6) is 0 Å². The second-order valence-corrected chi connectivity index (χ2v) is 10.9. The smallest absolute Gasteiger partial charge is 0.163 e. The van der Waals surface area contributed by atoms with Crippen LogP contribution in [0.15, 0.2) is 99.1 Å². The van der Waals surface area contributed by atoms with Crippen molar-refractivity contribution in [3.05, 3.63) is 100 Å². The van der Waals surface area contributed by atoms with Crippen LogP contribution in [-0.2, 0) is 0 Å². The first-order valence-electron chi connectivity index (χ1n) is 12.5. The van der Waals surface area contributed by atoms with Gasteiger partial charge in [-0.1, -0.05) is 18.2 Å². The van der Waals surface area contributed by atoms with Crippen LogP contribution in [0.4, 0.5) is 0 Å². The fourth-order valence-electron chi connectivity index (χ4n) is 4.26. The van der Waals surface area contributed by atoms with Crippen LogP contribution in [0.2, 0.25) is 0 Å². The Morgan fingerprint density at radius 1 is 0.605 bits per heavy atom. The van der Waals surface area contributed by atoms with Crippen molar-refractivity contribution in [2.75, 3.05) is 0 Å². The Morgan fingerprint density at radius 3 is 1.49 bits per heavy atom. The van der Waals surface area contributed by atoms with Crippen LogP contribution < -0.4 is 0 Å². The van der Waals surface area contributed by atoms with Crippen molar-refractivity contribution in [2.24, 2.45) is 0 Å². The molecule has 0 N–H and O–H groups in total. The van der Waals surface area contributed by atoms with Gasteiger partial charge >= 0.3 is 0 Å². The Hall–Kier alpha value is -6.24. The van der Waals surface area contributed by atoms with Crippen molar-refractivity contribution in [3.8, 4) is 74.4 Å². The highest BCUT2D eigenvalue weighted by Crippen LogP contribution is 2.38. The highest BCUT2D eigenvalue weighted by molar-refractivity contribution is 7.16. The average molecular weight is 594 g/mol. The summed E-state index contributed by atoms with van der Waals surface area (Å²) in [5.41, 5.74) is 2.49. The molecule has 0 radical (unpaired) electrons. The molecule has 0 bridgehead atoms. The number of thiazole rings is 2. The fourth-order valence-corrected chi connectivity index (χ4v) is 5.90. The molecule has 0 aliphatic rings. The Kier molecular flexibility index (Phi) is 7.34. The molecule has 9 nitrogen and oxygen atoms in total. The second kappa shape index (κ2) is 11.7. The first kappa shape index (κ1) is 27.0. The maximum atomic E-state index is 9.04. The van der Waals surface area contributed by atoms with E-state index >= 15 is 0 Å². The van der Waals surface area contributed by atoms with E-state index in [1.807, 2.05) is 95.6 Å². The Balaban J connectivity index is 1.36. The van der Waals surface area contributed by atoms with Gasteiger partial charge in [-0.25, -0.2) is 9.97 Å². The summed E-state index contributed by atoms with van der Waals surface area (Å²) in [7, 11) is 0. The predicted octanol–water partition coefficient (Wildman–Crippen LogP) is 8.11. The maximum Gasteiger partial charge on any atom is 0.163 e. The molecule has 202 valence electrons. The molecule has 1 aromatic carbocycles. The molecule has 0 saturated heterocycles. The molecule has 0 amide bonds. The van der Waals surface area contributed by atoms with Crippen molar-refractivity contribution < 1.29 is 8.83 Å². The number of benzene rings is 1. The van der Waals surface area contributed by atoms with Gasteiger partial charge in [-0.05, 0) is 60.7 Å². The van der Waals surface area contributed by atoms with Crippen LogP contribution in [0.1, 0.15) is 9.75 Å². The number of hydrogen-bond donors (Lipinski definition) is 0. The van der Waals surface area contributed by atoms with Gasteiger partial charge in [-0.15, -0.1) is 22.7 Å². The van der Waals surface area contributed by atoms with Crippen LogP contribution in [0.25, 0.3) is 62.3 Å². The molecule has 6 rings (SSSR count). The number of para-hydroxylation sites is 1. The van der Waals surface area contributed by atoms with E-state index in [1.54, 1.807) is 12.4 Å². The molecular weight excluding hydrogens is 579 g/mol. The van der Waals surface area contributed by atoms with E-state index in [1.165, 1.54) is 34.8 Å². The summed E-state index contributed by atoms with van der Waals surface area (Å²) in [4.78, 5) is 10.2. The molecule has 0 fully saturated rings. The lowest BCUT2D eigenvalue weighted by Crippen LogP contribution is -1.98. The summed E-state index contributed by atoms with van der Waals surface area (Å²) in [6.45, 7) is 0. The highest BCUT2D eigenvalue weighted by Gasteiger charge is 2.20. The lowest BCUT2D eigenvalue weighted by Gasteiger charge is -2.11. The van der Waals surface area contributed by atoms with E-state index in [0.29, 0.717) is 42.8 Å². The minimum Gasteiger partial charge on any atom is -0.452 e. The van der Waals surface area contributed by atoms with E-state index in [4.69, 9.17) is 29.9 Å². The molecule has 0 aliphatic carbocycles. The number of hydrogen-bond acceptors (Lipinski definition) is 10. The van der Waals surface area contributed by atoms with Gasteiger partial charge in [-0.2, -0.15) is 21.0 Å². The van der Waals surface area contributed by atoms with Crippen molar-refractivity contribution in [1.82, 2.24) is 14.5 Å². The monoisotopic (exact) mass is 593 g/mol. The van der Waals surface area contributed by atoms with E-state index < -0.39 is 0 Å². The summed E-state index contributed by atoms with van der Waals surface area (Å²) in [6.07, 6.45) is 6.19. The van der Waals surface area contributed by atoms with Crippen molar-refractivity contribution in [2.45, 2.75) is 0 Å². The van der Waals surface area contributed by atoms with Gasteiger partial charge in [-0.3, -0.25) is 0 Å². The Bertz CT molecular complexity index is 2030. The van der Waals surface area contributed by atoms with Crippen molar-refractivity contribution in [3.63, 3.8) is 0 Å². The fraction of sp³-hybridized carbons (Fsp3) is 0. The number of allylic oxidation sites excluding steroid dienone is 2. The standard InChI is InChI=1S/C32H15N7O2S2/c33-14-20(15-34)12-23-18-37-31(42-23)29-10-8-27(40-29)25-6-7-26(39(25)22-4-2-1-3-5-22)28-9-11-30(41-28)32-38-19-24(43-32)13-21(16-35)17-36/h1-13,18-19H. The molecule has 0 aliphatic heterocycles. The quantitative estimate of drug-likeness (QED) is 0.168. The molecule has 0 atom stereocenters. The van der Waals surface area contributed by atoms with Crippen LogP contribution >= 0.6 is 22.7 Å². The van der Waals surface area contributed by atoms with Gasteiger partial charge < -0.3 is 13.4 Å². The van der Waals surface area contributed by atoms with Crippen LogP contribution in [0.3, 0.4) is 0 Å². The zero-order chi connectivity index (χ0) is 29.8. The predicted molar refractivity (Wildman–Crippen MR) is 162 cm³/mol. The van der Waals surface area contributed by atoms with E-state index in [2.05, 4.69) is 9.97 Å². The third-order valence-corrected chi connectivity index (χ3v) is 8.05. The van der Waals surface area contributed by atoms with E-state index in [9.17, 15) is 0 Å². The number of aromatic nitrogens is 3. The summed E-state index contributed by atoms with van der Waals surface area (Å²) in [5.74, 6) is 2.34. The zero-order valence-corrected chi connectivity index (χ0v) is 23.6. The second-order valence-electron chi connectivity index (χ2n) is 8.80. The molecule has 6 aromatic rings.